The van der Waals surface area contributed by atoms with Crippen molar-refractivity contribution in [3.05, 3.63) is 46.8 Å². The first kappa shape index (κ1) is 14.2. The molecule has 2 aromatic rings. The van der Waals surface area contributed by atoms with Gasteiger partial charge >= 0.3 is 0 Å². The molecule has 2 rings (SSSR count). The molecule has 0 aliphatic carbocycles. The van der Waals surface area contributed by atoms with Crippen LogP contribution in [0.1, 0.15) is 33.6 Å². The van der Waals surface area contributed by atoms with Gasteiger partial charge in [0.05, 0.1) is 5.56 Å². The molecule has 0 spiro atoms. The SMILES string of the molecule is Cc1cccc(C)c1NC(=O)c1cn(C)nc1C(F)F. The Hall–Kier alpha value is -2.24. The van der Waals surface area contributed by atoms with Gasteiger partial charge in [0.15, 0.2) is 0 Å². The molecule has 20 heavy (non-hydrogen) atoms. The van der Waals surface area contributed by atoms with Gasteiger partial charge in [-0.25, -0.2) is 8.78 Å². The normalized spacial score (nSPS) is 10.9. The second-order valence-electron chi connectivity index (χ2n) is 4.62. The van der Waals surface area contributed by atoms with Gasteiger partial charge in [-0.05, 0) is 25.0 Å². The van der Waals surface area contributed by atoms with Gasteiger partial charge in [0.25, 0.3) is 12.3 Å². The van der Waals surface area contributed by atoms with Gasteiger partial charge in [-0.2, -0.15) is 5.10 Å². The molecule has 0 aliphatic heterocycles. The van der Waals surface area contributed by atoms with Crippen LogP contribution in [0.5, 0.6) is 0 Å². The van der Waals surface area contributed by atoms with Crippen LogP contribution in [-0.2, 0) is 7.05 Å². The maximum Gasteiger partial charge on any atom is 0.282 e. The Morgan fingerprint density at radius 1 is 1.30 bits per heavy atom. The maximum atomic E-state index is 12.8. The van der Waals surface area contributed by atoms with Crippen LogP contribution in [0.4, 0.5) is 14.5 Å². The molecule has 0 saturated carbocycles. The first-order valence-corrected chi connectivity index (χ1v) is 6.09. The quantitative estimate of drug-likeness (QED) is 0.937. The van der Waals surface area contributed by atoms with Crippen LogP contribution in [0.25, 0.3) is 0 Å². The first-order chi connectivity index (χ1) is 9.40. The molecule has 1 amide bonds. The van der Waals surface area contributed by atoms with Gasteiger partial charge in [-0.15, -0.1) is 0 Å². The van der Waals surface area contributed by atoms with Crippen LogP contribution >= 0.6 is 0 Å². The Kier molecular flexibility index (Phi) is 3.83. The Labute approximate surface area is 115 Å². The Morgan fingerprint density at radius 2 is 1.90 bits per heavy atom. The summed E-state index contributed by atoms with van der Waals surface area (Å²) in [7, 11) is 1.50. The number of para-hydroxylation sites is 1. The van der Waals surface area contributed by atoms with Crippen molar-refractivity contribution in [3.8, 4) is 0 Å². The zero-order valence-corrected chi connectivity index (χ0v) is 11.4. The number of rotatable bonds is 3. The topological polar surface area (TPSA) is 46.9 Å². The third kappa shape index (κ3) is 2.68. The molecule has 0 bridgehead atoms. The first-order valence-electron chi connectivity index (χ1n) is 6.09. The average Bonchev–Trinajstić information content (AvgIpc) is 2.76. The summed E-state index contributed by atoms with van der Waals surface area (Å²) < 4.78 is 26.9. The molecule has 1 aromatic heterocycles. The van der Waals surface area contributed by atoms with Crippen molar-refractivity contribution < 1.29 is 13.6 Å². The van der Waals surface area contributed by atoms with Crippen LogP contribution in [0.2, 0.25) is 0 Å². The highest BCUT2D eigenvalue weighted by Gasteiger charge is 2.23. The molecule has 106 valence electrons. The number of hydrogen-bond acceptors (Lipinski definition) is 2. The Balaban J connectivity index is 2.34. The number of alkyl halides is 2. The number of hydrogen-bond donors (Lipinski definition) is 1. The Morgan fingerprint density at radius 3 is 2.45 bits per heavy atom. The van der Waals surface area contributed by atoms with Crippen molar-refractivity contribution in [1.82, 2.24) is 9.78 Å². The number of anilines is 1. The zero-order valence-electron chi connectivity index (χ0n) is 11.4. The number of carbonyl (C=O) groups is 1. The van der Waals surface area contributed by atoms with Crippen LogP contribution in [0.3, 0.4) is 0 Å². The van der Waals surface area contributed by atoms with Gasteiger partial charge in [-0.1, -0.05) is 18.2 Å². The van der Waals surface area contributed by atoms with E-state index in [2.05, 4.69) is 10.4 Å². The van der Waals surface area contributed by atoms with Gasteiger partial charge in [0, 0.05) is 18.9 Å². The predicted octanol–water partition coefficient (Wildman–Crippen LogP) is 3.23. The molecule has 4 nitrogen and oxygen atoms in total. The third-order valence-corrected chi connectivity index (χ3v) is 3.03. The van der Waals surface area contributed by atoms with Crippen molar-refractivity contribution in [2.24, 2.45) is 7.05 Å². The molecule has 0 saturated heterocycles. The summed E-state index contributed by atoms with van der Waals surface area (Å²) in [4.78, 5) is 12.2. The summed E-state index contributed by atoms with van der Waals surface area (Å²) in [5.41, 5.74) is 1.78. The van der Waals surface area contributed by atoms with Crippen molar-refractivity contribution >= 4 is 11.6 Å². The van der Waals surface area contributed by atoms with E-state index < -0.39 is 18.0 Å². The van der Waals surface area contributed by atoms with Crippen molar-refractivity contribution in [1.29, 1.82) is 0 Å². The van der Waals surface area contributed by atoms with Crippen LogP contribution in [0, 0.1) is 13.8 Å². The molecule has 0 radical (unpaired) electrons. The summed E-state index contributed by atoms with van der Waals surface area (Å²) in [6.45, 7) is 3.69. The maximum absolute atomic E-state index is 12.8. The molecule has 6 heteroatoms. The fourth-order valence-corrected chi connectivity index (χ4v) is 2.03. The van der Waals surface area contributed by atoms with E-state index in [0.29, 0.717) is 5.69 Å². The Bertz CT molecular complexity index is 630. The number of aromatic nitrogens is 2. The second-order valence-corrected chi connectivity index (χ2v) is 4.62. The monoisotopic (exact) mass is 279 g/mol. The van der Waals surface area contributed by atoms with E-state index >= 15 is 0 Å². The molecule has 0 atom stereocenters. The van der Waals surface area contributed by atoms with Gasteiger partial charge in [0.1, 0.15) is 5.69 Å². The minimum absolute atomic E-state index is 0.106. The van der Waals surface area contributed by atoms with E-state index in [4.69, 9.17) is 0 Å². The minimum atomic E-state index is -2.78. The molecule has 0 fully saturated rings. The molecule has 0 unspecified atom stereocenters. The summed E-state index contributed by atoms with van der Waals surface area (Å²) in [6, 6.07) is 5.56. The number of carbonyl (C=O) groups excluding carboxylic acids is 1. The van der Waals surface area contributed by atoms with E-state index in [-0.39, 0.29) is 5.56 Å². The summed E-state index contributed by atoms with van der Waals surface area (Å²) >= 11 is 0. The molecular weight excluding hydrogens is 264 g/mol. The average molecular weight is 279 g/mol. The van der Waals surface area contributed by atoms with Gasteiger partial charge < -0.3 is 5.32 Å². The predicted molar refractivity (Wildman–Crippen MR) is 72.0 cm³/mol. The third-order valence-electron chi connectivity index (χ3n) is 3.03. The van der Waals surface area contributed by atoms with Gasteiger partial charge in [-0.3, -0.25) is 9.48 Å². The highest BCUT2D eigenvalue weighted by atomic mass is 19.3. The molecule has 0 aliphatic rings. The zero-order chi connectivity index (χ0) is 14.9. The van der Waals surface area contributed by atoms with Crippen LogP contribution in [0.15, 0.2) is 24.4 Å². The smallest absolute Gasteiger partial charge is 0.282 e. The van der Waals surface area contributed by atoms with E-state index in [1.54, 1.807) is 0 Å². The number of amides is 1. The molecule has 1 aromatic carbocycles. The van der Waals surface area contributed by atoms with Crippen molar-refractivity contribution in [2.45, 2.75) is 20.3 Å². The van der Waals surface area contributed by atoms with E-state index in [0.717, 1.165) is 11.1 Å². The van der Waals surface area contributed by atoms with Crippen LogP contribution < -0.4 is 5.32 Å². The number of nitrogens with one attached hydrogen (secondary N) is 1. The lowest BCUT2D eigenvalue weighted by molar-refractivity contribution is 0.101. The van der Waals surface area contributed by atoms with Crippen molar-refractivity contribution in [3.63, 3.8) is 0 Å². The highest BCUT2D eigenvalue weighted by Crippen LogP contribution is 2.24. The number of nitrogens with zero attached hydrogens (tertiary/aromatic N) is 2. The van der Waals surface area contributed by atoms with Crippen molar-refractivity contribution in [2.75, 3.05) is 5.32 Å². The fourth-order valence-electron chi connectivity index (χ4n) is 2.03. The van der Waals surface area contributed by atoms with E-state index in [1.165, 1.54) is 17.9 Å². The number of benzene rings is 1. The molecule has 1 heterocycles. The lowest BCUT2D eigenvalue weighted by Gasteiger charge is -2.11. The lowest BCUT2D eigenvalue weighted by Crippen LogP contribution is -2.15. The fraction of sp³-hybridized carbons (Fsp3) is 0.286. The van der Waals surface area contributed by atoms with Gasteiger partial charge in [0.2, 0.25) is 0 Å². The van der Waals surface area contributed by atoms with E-state index in [9.17, 15) is 13.6 Å². The summed E-state index contributed by atoms with van der Waals surface area (Å²) in [6.07, 6.45) is -1.49. The summed E-state index contributed by atoms with van der Waals surface area (Å²) in [5, 5.41) is 6.30. The van der Waals surface area contributed by atoms with Crippen LogP contribution in [-0.4, -0.2) is 15.7 Å². The molecular formula is C14H15F2N3O. The number of halogens is 2. The lowest BCUT2D eigenvalue weighted by atomic mass is 10.1. The second kappa shape index (κ2) is 5.40. The molecule has 1 N–H and O–H groups in total. The van der Waals surface area contributed by atoms with E-state index in [1.807, 2.05) is 32.0 Å². The highest BCUT2D eigenvalue weighted by molar-refractivity contribution is 6.05. The summed E-state index contributed by atoms with van der Waals surface area (Å²) in [5.74, 6) is -0.578. The standard InChI is InChI=1S/C14H15F2N3O/c1-8-5-4-6-9(2)11(8)17-14(20)10-7-19(3)18-12(10)13(15)16/h4-7,13H,1-3H3,(H,17,20). The largest absolute Gasteiger partial charge is 0.321 e. The minimum Gasteiger partial charge on any atom is -0.321 e. The number of aryl methyl sites for hydroxylation is 3.